The first kappa shape index (κ1) is 9.66. The SMILES string of the molecule is NC1=NS(=O)(=O)N(c2ccccc2)C1=O. The lowest BCUT2D eigenvalue weighted by atomic mass is 10.3. The van der Waals surface area contributed by atoms with E-state index in [0.29, 0.717) is 4.31 Å². The minimum Gasteiger partial charge on any atom is -0.378 e. The summed E-state index contributed by atoms with van der Waals surface area (Å²) in [4.78, 5) is 11.4. The molecule has 0 spiro atoms. The normalized spacial score (nSPS) is 19.1. The molecule has 0 aromatic heterocycles. The van der Waals surface area contributed by atoms with Crippen LogP contribution in [0.5, 0.6) is 0 Å². The first-order chi connectivity index (χ1) is 7.02. The molecule has 0 unspecified atom stereocenters. The average Bonchev–Trinajstić information content (AvgIpc) is 2.37. The van der Waals surface area contributed by atoms with Gasteiger partial charge in [-0.2, -0.15) is 12.7 Å². The van der Waals surface area contributed by atoms with Gasteiger partial charge < -0.3 is 5.73 Å². The smallest absolute Gasteiger partial charge is 0.353 e. The minimum absolute atomic E-state index is 0.228. The Morgan fingerprint density at radius 2 is 1.80 bits per heavy atom. The van der Waals surface area contributed by atoms with Crippen LogP contribution < -0.4 is 10.0 Å². The quantitative estimate of drug-likeness (QED) is 0.706. The summed E-state index contributed by atoms with van der Waals surface area (Å²) in [5.74, 6) is -1.33. The molecule has 1 amide bonds. The maximum Gasteiger partial charge on any atom is 0.353 e. The second-order valence-corrected chi connectivity index (χ2v) is 4.30. The van der Waals surface area contributed by atoms with E-state index in [9.17, 15) is 13.2 Å². The molecule has 0 atom stereocenters. The van der Waals surface area contributed by atoms with Crippen molar-refractivity contribution in [2.24, 2.45) is 10.1 Å². The molecule has 1 heterocycles. The van der Waals surface area contributed by atoms with Gasteiger partial charge in [0.1, 0.15) is 0 Å². The lowest BCUT2D eigenvalue weighted by Crippen LogP contribution is -2.35. The molecule has 78 valence electrons. The molecule has 2 rings (SSSR count). The fourth-order valence-corrected chi connectivity index (χ4v) is 2.33. The summed E-state index contributed by atoms with van der Waals surface area (Å²) in [5, 5.41) is 0. The molecule has 0 fully saturated rings. The first-order valence-corrected chi connectivity index (χ1v) is 5.42. The van der Waals surface area contributed by atoms with Crippen LogP contribution in [0.25, 0.3) is 0 Å². The summed E-state index contributed by atoms with van der Waals surface area (Å²) < 4.78 is 26.5. The second kappa shape index (κ2) is 3.06. The highest BCUT2D eigenvalue weighted by atomic mass is 32.2. The highest BCUT2D eigenvalue weighted by Crippen LogP contribution is 2.22. The van der Waals surface area contributed by atoms with Crippen molar-refractivity contribution in [3.63, 3.8) is 0 Å². The Bertz CT molecular complexity index is 536. The molecule has 1 aliphatic rings. The molecule has 6 nitrogen and oxygen atoms in total. The number of para-hydroxylation sites is 1. The summed E-state index contributed by atoms with van der Waals surface area (Å²) in [6, 6.07) is 7.92. The third kappa shape index (κ3) is 1.46. The molecular weight excluding hydrogens is 218 g/mol. The number of hydrogen-bond donors (Lipinski definition) is 1. The van der Waals surface area contributed by atoms with Crippen LogP contribution in [-0.2, 0) is 15.0 Å². The van der Waals surface area contributed by atoms with Crippen molar-refractivity contribution in [1.29, 1.82) is 0 Å². The van der Waals surface area contributed by atoms with Crippen LogP contribution in [0.3, 0.4) is 0 Å². The van der Waals surface area contributed by atoms with Crippen LogP contribution in [0.15, 0.2) is 34.7 Å². The Labute approximate surface area is 86.2 Å². The number of nitrogens with zero attached hydrogens (tertiary/aromatic N) is 2. The van der Waals surface area contributed by atoms with Gasteiger partial charge in [0.2, 0.25) is 5.84 Å². The van der Waals surface area contributed by atoms with E-state index in [4.69, 9.17) is 5.73 Å². The molecule has 0 bridgehead atoms. The van der Waals surface area contributed by atoms with Gasteiger partial charge in [-0.25, -0.2) is 0 Å². The molecule has 0 saturated carbocycles. The van der Waals surface area contributed by atoms with Gasteiger partial charge >= 0.3 is 16.1 Å². The Hall–Kier alpha value is -1.89. The van der Waals surface area contributed by atoms with Gasteiger partial charge in [0.05, 0.1) is 5.69 Å². The Morgan fingerprint density at radius 3 is 2.27 bits per heavy atom. The number of hydrogen-bond acceptors (Lipinski definition) is 4. The van der Waals surface area contributed by atoms with Crippen LogP contribution in [0.4, 0.5) is 5.69 Å². The van der Waals surface area contributed by atoms with Crippen molar-refractivity contribution < 1.29 is 13.2 Å². The van der Waals surface area contributed by atoms with Crippen molar-refractivity contribution in [3.05, 3.63) is 30.3 Å². The van der Waals surface area contributed by atoms with Crippen LogP contribution in [0, 0.1) is 0 Å². The number of carbonyl (C=O) groups is 1. The van der Waals surface area contributed by atoms with Crippen LogP contribution in [-0.4, -0.2) is 20.2 Å². The van der Waals surface area contributed by atoms with Gasteiger partial charge in [0.25, 0.3) is 0 Å². The summed E-state index contributed by atoms with van der Waals surface area (Å²) in [5.41, 5.74) is 5.39. The van der Waals surface area contributed by atoms with E-state index in [-0.39, 0.29) is 5.69 Å². The first-order valence-electron chi connectivity index (χ1n) is 4.02. The number of amidine groups is 1. The molecule has 1 aromatic rings. The fourth-order valence-electron chi connectivity index (χ4n) is 1.23. The molecule has 15 heavy (non-hydrogen) atoms. The molecule has 0 aliphatic carbocycles. The zero-order valence-electron chi connectivity index (χ0n) is 7.49. The molecule has 1 aromatic carbocycles. The molecule has 2 N–H and O–H groups in total. The maximum atomic E-state index is 11.4. The summed E-state index contributed by atoms with van der Waals surface area (Å²) in [6.07, 6.45) is 0. The van der Waals surface area contributed by atoms with Crippen LogP contribution in [0.2, 0.25) is 0 Å². The number of carbonyl (C=O) groups excluding carboxylic acids is 1. The van der Waals surface area contributed by atoms with Crippen LogP contribution >= 0.6 is 0 Å². The maximum absolute atomic E-state index is 11.4. The van der Waals surface area contributed by atoms with Gasteiger partial charge in [-0.05, 0) is 12.1 Å². The molecule has 7 heteroatoms. The summed E-state index contributed by atoms with van der Waals surface area (Å²) in [6.45, 7) is 0. The second-order valence-electron chi connectivity index (χ2n) is 2.86. The molecule has 0 radical (unpaired) electrons. The standard InChI is InChI=1S/C8H7N3O3S/c9-7-8(12)11(15(13,14)10-7)6-4-2-1-3-5-6/h1-5H,(H2,9,10). The van der Waals surface area contributed by atoms with E-state index >= 15 is 0 Å². The lowest BCUT2D eigenvalue weighted by molar-refractivity contribution is -0.111. The van der Waals surface area contributed by atoms with Gasteiger partial charge in [0, 0.05) is 0 Å². The van der Waals surface area contributed by atoms with Gasteiger partial charge in [0.15, 0.2) is 0 Å². The topological polar surface area (TPSA) is 92.8 Å². The third-order valence-corrected chi connectivity index (χ3v) is 3.10. The fraction of sp³-hybridized carbons (Fsp3) is 0. The van der Waals surface area contributed by atoms with Crippen molar-refractivity contribution in [2.45, 2.75) is 0 Å². The number of rotatable bonds is 1. The largest absolute Gasteiger partial charge is 0.378 e. The highest BCUT2D eigenvalue weighted by Gasteiger charge is 2.37. The van der Waals surface area contributed by atoms with E-state index < -0.39 is 22.0 Å². The van der Waals surface area contributed by atoms with Crippen molar-refractivity contribution in [1.82, 2.24) is 0 Å². The number of anilines is 1. The van der Waals surface area contributed by atoms with Crippen molar-refractivity contribution in [2.75, 3.05) is 4.31 Å². The van der Waals surface area contributed by atoms with E-state index in [2.05, 4.69) is 4.40 Å². The molecular formula is C8H7N3O3S. The predicted octanol–water partition coefficient (Wildman–Crippen LogP) is -0.365. The third-order valence-electron chi connectivity index (χ3n) is 1.84. The van der Waals surface area contributed by atoms with Crippen molar-refractivity contribution >= 4 is 27.6 Å². The Morgan fingerprint density at radius 1 is 1.20 bits per heavy atom. The zero-order chi connectivity index (χ0) is 11.1. The van der Waals surface area contributed by atoms with Gasteiger partial charge in [-0.15, -0.1) is 4.40 Å². The summed E-state index contributed by atoms with van der Waals surface area (Å²) in [7, 11) is -3.99. The van der Waals surface area contributed by atoms with Crippen LogP contribution in [0.1, 0.15) is 0 Å². The molecule has 0 saturated heterocycles. The Kier molecular flexibility index (Phi) is 1.97. The number of benzene rings is 1. The van der Waals surface area contributed by atoms with E-state index in [1.165, 1.54) is 12.1 Å². The number of nitrogens with two attached hydrogens (primary N) is 1. The summed E-state index contributed by atoms with van der Waals surface area (Å²) >= 11 is 0. The van der Waals surface area contributed by atoms with Gasteiger partial charge in [-0.1, -0.05) is 18.2 Å². The highest BCUT2D eigenvalue weighted by molar-refractivity contribution is 7.93. The zero-order valence-corrected chi connectivity index (χ0v) is 8.31. The van der Waals surface area contributed by atoms with E-state index in [1.54, 1.807) is 18.2 Å². The monoisotopic (exact) mass is 225 g/mol. The molecule has 1 aliphatic heterocycles. The Balaban J connectivity index is 2.54. The van der Waals surface area contributed by atoms with Crippen molar-refractivity contribution in [3.8, 4) is 0 Å². The minimum atomic E-state index is -3.99. The number of amides is 1. The van der Waals surface area contributed by atoms with E-state index in [1.807, 2.05) is 0 Å². The lowest BCUT2D eigenvalue weighted by Gasteiger charge is -2.12. The van der Waals surface area contributed by atoms with E-state index in [0.717, 1.165) is 0 Å². The van der Waals surface area contributed by atoms with Gasteiger partial charge in [-0.3, -0.25) is 4.79 Å². The average molecular weight is 225 g/mol. The predicted molar refractivity (Wildman–Crippen MR) is 54.5 cm³/mol.